The summed E-state index contributed by atoms with van der Waals surface area (Å²) in [6, 6.07) is 0.285. The van der Waals surface area contributed by atoms with Crippen molar-refractivity contribution in [2.45, 2.75) is 39.2 Å². The van der Waals surface area contributed by atoms with Crippen molar-refractivity contribution >= 4 is 17.3 Å². The molecule has 0 spiro atoms. The molecular formula is C12H19N5O2. The molecule has 0 saturated carbocycles. The maximum absolute atomic E-state index is 11.3. The predicted octanol–water partition coefficient (Wildman–Crippen LogP) is 2.20. The molecule has 1 aliphatic rings. The number of hydrogen-bond acceptors (Lipinski definition) is 6. The Hall–Kier alpha value is -1.92. The lowest BCUT2D eigenvalue weighted by molar-refractivity contribution is -0.383. The third kappa shape index (κ3) is 2.74. The van der Waals surface area contributed by atoms with E-state index in [4.69, 9.17) is 0 Å². The summed E-state index contributed by atoms with van der Waals surface area (Å²) >= 11 is 0. The molecule has 104 valence electrons. The van der Waals surface area contributed by atoms with Gasteiger partial charge in [-0.05, 0) is 26.2 Å². The maximum Gasteiger partial charge on any atom is 0.353 e. The van der Waals surface area contributed by atoms with Crippen LogP contribution in [-0.4, -0.2) is 34.0 Å². The summed E-state index contributed by atoms with van der Waals surface area (Å²) in [7, 11) is 0. The summed E-state index contributed by atoms with van der Waals surface area (Å²) in [5.41, 5.74) is -0.00954. The first-order valence-electron chi connectivity index (χ1n) is 6.65. The third-order valence-electron chi connectivity index (χ3n) is 3.35. The molecule has 0 amide bonds. The first-order valence-corrected chi connectivity index (χ1v) is 6.65. The lowest BCUT2D eigenvalue weighted by atomic mass is 10.2. The molecule has 1 aliphatic heterocycles. The van der Waals surface area contributed by atoms with Crippen LogP contribution in [0.2, 0.25) is 0 Å². The van der Waals surface area contributed by atoms with E-state index in [-0.39, 0.29) is 11.7 Å². The fraction of sp³-hybridized carbons (Fsp3) is 0.667. The van der Waals surface area contributed by atoms with Crippen LogP contribution in [0.3, 0.4) is 0 Å². The number of nitrogens with zero attached hydrogens (tertiary/aromatic N) is 4. The first-order chi connectivity index (χ1) is 9.15. The molecule has 19 heavy (non-hydrogen) atoms. The van der Waals surface area contributed by atoms with Crippen molar-refractivity contribution in [2.75, 3.05) is 23.3 Å². The zero-order chi connectivity index (χ0) is 13.8. The Balaban J connectivity index is 2.39. The van der Waals surface area contributed by atoms with Crippen molar-refractivity contribution < 1.29 is 4.92 Å². The predicted molar refractivity (Wildman–Crippen MR) is 73.5 cm³/mol. The monoisotopic (exact) mass is 265 g/mol. The van der Waals surface area contributed by atoms with E-state index >= 15 is 0 Å². The Labute approximate surface area is 112 Å². The van der Waals surface area contributed by atoms with Crippen molar-refractivity contribution in [2.24, 2.45) is 0 Å². The van der Waals surface area contributed by atoms with Gasteiger partial charge in [0, 0.05) is 19.1 Å². The second kappa shape index (κ2) is 5.81. The van der Waals surface area contributed by atoms with E-state index in [2.05, 4.69) is 22.2 Å². The molecule has 0 aromatic carbocycles. The van der Waals surface area contributed by atoms with Crippen LogP contribution in [0.4, 0.5) is 17.3 Å². The average molecular weight is 265 g/mol. The van der Waals surface area contributed by atoms with E-state index in [0.717, 1.165) is 25.8 Å². The standard InChI is InChI=1S/C12H19N5O2/c1-3-6-13-11-10(17(18)19)12(15-8-14-11)16-7-4-5-9(16)2/h8-9H,3-7H2,1-2H3,(H,13,14,15). The number of anilines is 2. The van der Waals surface area contributed by atoms with Crippen molar-refractivity contribution in [3.63, 3.8) is 0 Å². The molecule has 7 nitrogen and oxygen atoms in total. The highest BCUT2D eigenvalue weighted by molar-refractivity contribution is 5.70. The second-order valence-electron chi connectivity index (χ2n) is 4.76. The molecule has 0 aliphatic carbocycles. The largest absolute Gasteiger partial charge is 0.364 e. The first kappa shape index (κ1) is 13.5. The molecule has 1 atom stereocenters. The molecule has 2 heterocycles. The van der Waals surface area contributed by atoms with Gasteiger partial charge in [-0.15, -0.1) is 0 Å². The van der Waals surface area contributed by atoms with Crippen molar-refractivity contribution in [1.82, 2.24) is 9.97 Å². The Morgan fingerprint density at radius 3 is 2.95 bits per heavy atom. The lowest BCUT2D eigenvalue weighted by Gasteiger charge is -2.22. The van der Waals surface area contributed by atoms with Gasteiger partial charge in [-0.25, -0.2) is 9.97 Å². The smallest absolute Gasteiger partial charge is 0.353 e. The van der Waals surface area contributed by atoms with Gasteiger partial charge in [0.1, 0.15) is 6.33 Å². The maximum atomic E-state index is 11.3. The zero-order valence-electron chi connectivity index (χ0n) is 11.3. The summed E-state index contributed by atoms with van der Waals surface area (Å²) in [6.07, 6.45) is 4.36. The Morgan fingerprint density at radius 1 is 1.58 bits per heavy atom. The zero-order valence-corrected chi connectivity index (χ0v) is 11.3. The topological polar surface area (TPSA) is 84.2 Å². The molecule has 1 unspecified atom stereocenters. The third-order valence-corrected chi connectivity index (χ3v) is 3.35. The Kier molecular flexibility index (Phi) is 4.13. The highest BCUT2D eigenvalue weighted by Crippen LogP contribution is 2.35. The summed E-state index contributed by atoms with van der Waals surface area (Å²) < 4.78 is 0. The second-order valence-corrected chi connectivity index (χ2v) is 4.76. The SMILES string of the molecule is CCCNc1ncnc(N2CCCC2C)c1[N+](=O)[O-]. The van der Waals surface area contributed by atoms with E-state index in [9.17, 15) is 10.1 Å². The average Bonchev–Trinajstić information content (AvgIpc) is 2.81. The molecule has 1 N–H and O–H groups in total. The van der Waals surface area contributed by atoms with Crippen molar-refractivity contribution in [3.8, 4) is 0 Å². The van der Waals surface area contributed by atoms with Gasteiger partial charge >= 0.3 is 5.69 Å². The normalized spacial score (nSPS) is 18.6. The molecule has 1 fully saturated rings. The minimum atomic E-state index is -0.391. The van der Waals surface area contributed by atoms with Gasteiger partial charge in [0.15, 0.2) is 0 Å². The fourth-order valence-corrected chi connectivity index (χ4v) is 2.37. The summed E-state index contributed by atoms with van der Waals surface area (Å²) in [5.74, 6) is 0.750. The van der Waals surface area contributed by atoms with Crippen LogP contribution in [-0.2, 0) is 0 Å². The molecular weight excluding hydrogens is 246 g/mol. The summed E-state index contributed by atoms with van der Waals surface area (Å²) in [5, 5.41) is 14.3. The van der Waals surface area contributed by atoms with E-state index in [1.807, 2.05) is 11.8 Å². The van der Waals surface area contributed by atoms with Gasteiger partial charge < -0.3 is 10.2 Å². The molecule has 2 rings (SSSR count). The van der Waals surface area contributed by atoms with Crippen LogP contribution in [0, 0.1) is 10.1 Å². The number of nitrogens with one attached hydrogen (secondary N) is 1. The van der Waals surface area contributed by atoms with Gasteiger partial charge in [-0.2, -0.15) is 0 Å². The fourth-order valence-electron chi connectivity index (χ4n) is 2.37. The van der Waals surface area contributed by atoms with Crippen LogP contribution < -0.4 is 10.2 Å². The van der Waals surface area contributed by atoms with Crippen LogP contribution in [0.1, 0.15) is 33.1 Å². The highest BCUT2D eigenvalue weighted by atomic mass is 16.6. The number of hydrogen-bond donors (Lipinski definition) is 1. The van der Waals surface area contributed by atoms with E-state index < -0.39 is 4.92 Å². The molecule has 0 radical (unpaired) electrons. The molecule has 1 saturated heterocycles. The Morgan fingerprint density at radius 2 is 2.37 bits per heavy atom. The number of aromatic nitrogens is 2. The van der Waals surface area contributed by atoms with Crippen molar-refractivity contribution in [1.29, 1.82) is 0 Å². The summed E-state index contributed by atoms with van der Waals surface area (Å²) in [6.45, 7) is 5.54. The number of rotatable bonds is 5. The quantitative estimate of drug-likeness (QED) is 0.649. The van der Waals surface area contributed by atoms with E-state index in [1.165, 1.54) is 6.33 Å². The van der Waals surface area contributed by atoms with Gasteiger partial charge in [-0.3, -0.25) is 10.1 Å². The van der Waals surface area contributed by atoms with Crippen LogP contribution in [0.5, 0.6) is 0 Å². The van der Waals surface area contributed by atoms with E-state index in [0.29, 0.717) is 18.2 Å². The molecule has 7 heteroatoms. The Bertz CT molecular complexity index is 465. The minimum absolute atomic E-state index is 0.00954. The van der Waals surface area contributed by atoms with Crippen LogP contribution in [0.15, 0.2) is 6.33 Å². The summed E-state index contributed by atoms with van der Waals surface area (Å²) in [4.78, 5) is 21.1. The van der Waals surface area contributed by atoms with Gasteiger partial charge in [0.05, 0.1) is 4.92 Å². The van der Waals surface area contributed by atoms with Crippen LogP contribution >= 0.6 is 0 Å². The molecule has 1 aromatic rings. The van der Waals surface area contributed by atoms with Gasteiger partial charge in [0.25, 0.3) is 0 Å². The highest BCUT2D eigenvalue weighted by Gasteiger charge is 2.31. The van der Waals surface area contributed by atoms with Crippen LogP contribution in [0.25, 0.3) is 0 Å². The van der Waals surface area contributed by atoms with Crippen molar-refractivity contribution in [3.05, 3.63) is 16.4 Å². The molecule has 1 aromatic heterocycles. The van der Waals surface area contributed by atoms with Gasteiger partial charge in [-0.1, -0.05) is 6.92 Å². The minimum Gasteiger partial charge on any atom is -0.364 e. The van der Waals surface area contributed by atoms with Gasteiger partial charge in [0.2, 0.25) is 11.6 Å². The lowest BCUT2D eigenvalue weighted by Crippen LogP contribution is -2.28. The number of nitro groups is 1. The van der Waals surface area contributed by atoms with E-state index in [1.54, 1.807) is 0 Å². The molecule has 0 bridgehead atoms.